The summed E-state index contributed by atoms with van der Waals surface area (Å²) in [6.07, 6.45) is -0.993. The molecule has 0 aliphatic carbocycles. The predicted molar refractivity (Wildman–Crippen MR) is 114 cm³/mol. The number of hydrogen-bond donors (Lipinski definition) is 2. The second-order valence-electron chi connectivity index (χ2n) is 6.72. The first kappa shape index (κ1) is 20.1. The molecule has 0 saturated heterocycles. The minimum Gasteiger partial charge on any atom is -0.497 e. The SMILES string of the molecule is COc1ccc(C(O)c2cc3c(cc2NC(=O)c2ccc(Cl)cc2)OCCO3)cc1. The molecule has 3 aromatic carbocycles. The van der Waals surface area contributed by atoms with Gasteiger partial charge in [-0.3, -0.25) is 4.79 Å². The largest absolute Gasteiger partial charge is 0.497 e. The summed E-state index contributed by atoms with van der Waals surface area (Å²) in [5.74, 6) is 1.39. The van der Waals surface area contributed by atoms with Crippen molar-refractivity contribution in [3.05, 3.63) is 82.4 Å². The topological polar surface area (TPSA) is 77.0 Å². The Labute approximate surface area is 179 Å². The van der Waals surface area contributed by atoms with Gasteiger partial charge in [0.15, 0.2) is 11.5 Å². The third kappa shape index (κ3) is 4.20. The molecule has 0 radical (unpaired) electrons. The van der Waals surface area contributed by atoms with Gasteiger partial charge in [-0.05, 0) is 48.0 Å². The molecule has 4 rings (SSSR count). The predicted octanol–water partition coefficient (Wildman–Crippen LogP) is 4.45. The van der Waals surface area contributed by atoms with Crippen molar-refractivity contribution in [2.45, 2.75) is 6.10 Å². The van der Waals surface area contributed by atoms with Gasteiger partial charge in [0.25, 0.3) is 5.91 Å². The van der Waals surface area contributed by atoms with E-state index < -0.39 is 6.10 Å². The number of carbonyl (C=O) groups excluding carboxylic acids is 1. The molecule has 1 amide bonds. The minimum atomic E-state index is -0.993. The van der Waals surface area contributed by atoms with E-state index in [0.717, 1.165) is 0 Å². The van der Waals surface area contributed by atoms with Crippen LogP contribution in [0.2, 0.25) is 5.02 Å². The number of rotatable bonds is 5. The molecule has 1 unspecified atom stereocenters. The Hall–Kier alpha value is -3.22. The molecule has 7 heteroatoms. The summed E-state index contributed by atoms with van der Waals surface area (Å²) in [5, 5.41) is 14.5. The van der Waals surface area contributed by atoms with Gasteiger partial charge in [0.2, 0.25) is 0 Å². The number of hydrogen-bond acceptors (Lipinski definition) is 5. The fourth-order valence-electron chi connectivity index (χ4n) is 3.20. The molecular weight excluding hydrogens is 406 g/mol. The van der Waals surface area contributed by atoms with Crippen molar-refractivity contribution in [1.29, 1.82) is 0 Å². The van der Waals surface area contributed by atoms with E-state index in [1.807, 2.05) is 0 Å². The monoisotopic (exact) mass is 425 g/mol. The van der Waals surface area contributed by atoms with Gasteiger partial charge in [-0.15, -0.1) is 0 Å². The standard InChI is InChI=1S/C23H20ClNO5/c1-28-17-8-4-14(5-9-17)22(26)18-12-20-21(30-11-10-29-20)13-19(18)25-23(27)15-2-6-16(24)7-3-15/h2-9,12-13,22,26H,10-11H2,1H3,(H,25,27). The Morgan fingerprint density at radius 1 is 1.03 bits per heavy atom. The summed E-state index contributed by atoms with van der Waals surface area (Å²) in [4.78, 5) is 12.8. The maximum absolute atomic E-state index is 12.8. The van der Waals surface area contributed by atoms with Crippen LogP contribution in [0.25, 0.3) is 0 Å². The zero-order chi connectivity index (χ0) is 21.1. The quantitative estimate of drug-likeness (QED) is 0.631. The van der Waals surface area contributed by atoms with Crippen LogP contribution in [0.5, 0.6) is 17.2 Å². The van der Waals surface area contributed by atoms with Crippen LogP contribution in [0.3, 0.4) is 0 Å². The number of nitrogens with one attached hydrogen (secondary N) is 1. The summed E-state index contributed by atoms with van der Waals surface area (Å²) in [5.41, 5.74) is 2.02. The number of ether oxygens (including phenoxy) is 3. The third-order valence-corrected chi connectivity index (χ3v) is 5.05. The number of anilines is 1. The van der Waals surface area contributed by atoms with Crippen molar-refractivity contribution < 1.29 is 24.1 Å². The Morgan fingerprint density at radius 2 is 1.67 bits per heavy atom. The highest BCUT2D eigenvalue weighted by Crippen LogP contribution is 2.40. The smallest absolute Gasteiger partial charge is 0.255 e. The molecule has 1 aliphatic heterocycles. The lowest BCUT2D eigenvalue weighted by Crippen LogP contribution is -2.18. The first-order chi connectivity index (χ1) is 14.5. The lowest BCUT2D eigenvalue weighted by Gasteiger charge is -2.23. The number of benzene rings is 3. The maximum Gasteiger partial charge on any atom is 0.255 e. The second kappa shape index (κ2) is 8.65. The van der Waals surface area contributed by atoms with Crippen LogP contribution in [0, 0.1) is 0 Å². The van der Waals surface area contributed by atoms with Crippen LogP contribution in [0.1, 0.15) is 27.6 Å². The van der Waals surface area contributed by atoms with Gasteiger partial charge in [0, 0.05) is 22.2 Å². The van der Waals surface area contributed by atoms with Crippen LogP contribution in [-0.4, -0.2) is 31.3 Å². The number of carbonyl (C=O) groups is 1. The van der Waals surface area contributed by atoms with Gasteiger partial charge >= 0.3 is 0 Å². The average molecular weight is 426 g/mol. The molecule has 0 spiro atoms. The summed E-state index contributed by atoms with van der Waals surface area (Å²) in [6, 6.07) is 17.0. The zero-order valence-corrected chi connectivity index (χ0v) is 17.0. The highest BCUT2D eigenvalue weighted by molar-refractivity contribution is 6.30. The van der Waals surface area contributed by atoms with E-state index in [1.165, 1.54) is 0 Å². The van der Waals surface area contributed by atoms with E-state index in [0.29, 0.717) is 57.9 Å². The highest BCUT2D eigenvalue weighted by Gasteiger charge is 2.23. The Morgan fingerprint density at radius 3 is 2.30 bits per heavy atom. The highest BCUT2D eigenvalue weighted by atomic mass is 35.5. The molecule has 1 heterocycles. The van der Waals surface area contributed by atoms with Gasteiger partial charge in [0.1, 0.15) is 25.1 Å². The van der Waals surface area contributed by atoms with Crippen LogP contribution in [-0.2, 0) is 0 Å². The molecule has 0 aromatic heterocycles. The fourth-order valence-corrected chi connectivity index (χ4v) is 3.33. The van der Waals surface area contributed by atoms with Crippen LogP contribution in [0.4, 0.5) is 5.69 Å². The molecular formula is C23H20ClNO5. The van der Waals surface area contributed by atoms with Crippen LogP contribution < -0.4 is 19.5 Å². The van der Waals surface area contributed by atoms with Crippen molar-refractivity contribution in [3.63, 3.8) is 0 Å². The summed E-state index contributed by atoms with van der Waals surface area (Å²) >= 11 is 5.91. The normalized spacial score (nSPS) is 13.4. The maximum atomic E-state index is 12.8. The van der Waals surface area contributed by atoms with Crippen LogP contribution >= 0.6 is 11.6 Å². The number of halogens is 1. The van der Waals surface area contributed by atoms with Crippen molar-refractivity contribution in [1.82, 2.24) is 0 Å². The molecule has 154 valence electrons. The molecule has 0 saturated carbocycles. The lowest BCUT2D eigenvalue weighted by molar-refractivity contribution is 0.102. The van der Waals surface area contributed by atoms with Gasteiger partial charge in [-0.2, -0.15) is 0 Å². The van der Waals surface area contributed by atoms with E-state index in [1.54, 1.807) is 67.8 Å². The number of amides is 1. The van der Waals surface area contributed by atoms with E-state index in [2.05, 4.69) is 5.32 Å². The number of methoxy groups -OCH3 is 1. The van der Waals surface area contributed by atoms with Crippen molar-refractivity contribution in [2.24, 2.45) is 0 Å². The van der Waals surface area contributed by atoms with Crippen LogP contribution in [0.15, 0.2) is 60.7 Å². The first-order valence-electron chi connectivity index (χ1n) is 9.37. The minimum absolute atomic E-state index is 0.327. The second-order valence-corrected chi connectivity index (χ2v) is 7.16. The molecule has 1 aliphatic rings. The Kier molecular flexibility index (Phi) is 5.79. The molecule has 0 fully saturated rings. The molecule has 6 nitrogen and oxygen atoms in total. The number of aliphatic hydroxyl groups is 1. The molecule has 1 atom stereocenters. The van der Waals surface area contributed by atoms with E-state index in [9.17, 15) is 9.90 Å². The zero-order valence-electron chi connectivity index (χ0n) is 16.2. The van der Waals surface area contributed by atoms with Crippen molar-refractivity contribution in [2.75, 3.05) is 25.6 Å². The summed E-state index contributed by atoms with van der Waals surface area (Å²) in [7, 11) is 1.58. The lowest BCUT2D eigenvalue weighted by atomic mass is 9.98. The van der Waals surface area contributed by atoms with Gasteiger partial charge in [0.05, 0.1) is 12.8 Å². The number of aliphatic hydroxyl groups excluding tert-OH is 1. The molecule has 3 aromatic rings. The Bertz CT molecular complexity index is 1050. The fraction of sp³-hybridized carbons (Fsp3) is 0.174. The molecule has 0 bridgehead atoms. The van der Waals surface area contributed by atoms with Gasteiger partial charge < -0.3 is 24.6 Å². The van der Waals surface area contributed by atoms with Gasteiger partial charge in [-0.25, -0.2) is 0 Å². The van der Waals surface area contributed by atoms with Crippen molar-refractivity contribution >= 4 is 23.2 Å². The average Bonchev–Trinajstić information content (AvgIpc) is 2.78. The third-order valence-electron chi connectivity index (χ3n) is 4.80. The summed E-state index contributed by atoms with van der Waals surface area (Å²) < 4.78 is 16.5. The number of fused-ring (bicyclic) bond motifs is 1. The molecule has 2 N–H and O–H groups in total. The molecule has 30 heavy (non-hydrogen) atoms. The van der Waals surface area contributed by atoms with E-state index in [-0.39, 0.29) is 5.91 Å². The van der Waals surface area contributed by atoms with E-state index in [4.69, 9.17) is 25.8 Å². The van der Waals surface area contributed by atoms with E-state index >= 15 is 0 Å². The summed E-state index contributed by atoms with van der Waals surface area (Å²) in [6.45, 7) is 0.833. The van der Waals surface area contributed by atoms with Crippen molar-refractivity contribution in [3.8, 4) is 17.2 Å². The Balaban J connectivity index is 1.70. The first-order valence-corrected chi connectivity index (χ1v) is 9.75. The van der Waals surface area contributed by atoms with Gasteiger partial charge in [-0.1, -0.05) is 23.7 Å².